The lowest BCUT2D eigenvalue weighted by atomic mass is 10.1. The predicted molar refractivity (Wildman–Crippen MR) is 60.7 cm³/mol. The van der Waals surface area contributed by atoms with Crippen LogP contribution in [0.25, 0.3) is 0 Å². The first-order valence-corrected chi connectivity index (χ1v) is 5.29. The lowest BCUT2D eigenvalue weighted by Crippen LogP contribution is -2.38. The molecule has 0 radical (unpaired) electrons. The van der Waals surface area contributed by atoms with Crippen molar-refractivity contribution in [1.29, 1.82) is 0 Å². The number of carbonyl (C=O) groups is 1. The second kappa shape index (κ2) is 7.07. The molecule has 14 heavy (non-hydrogen) atoms. The van der Waals surface area contributed by atoms with Crippen LogP contribution < -0.4 is 10.6 Å². The molecule has 1 fully saturated rings. The summed E-state index contributed by atoms with van der Waals surface area (Å²) in [5, 5.41) is 6.28. The summed E-state index contributed by atoms with van der Waals surface area (Å²) in [5.41, 5.74) is 0. The number of carbonyl (C=O) groups excluding carboxylic acids is 1. The van der Waals surface area contributed by atoms with Gasteiger partial charge in [0, 0.05) is 12.6 Å². The van der Waals surface area contributed by atoms with Gasteiger partial charge in [-0.3, -0.25) is 4.79 Å². The molecule has 1 atom stereocenters. The van der Waals surface area contributed by atoms with Crippen molar-refractivity contribution in [2.45, 2.75) is 39.2 Å². The van der Waals surface area contributed by atoms with Gasteiger partial charge in [0.1, 0.15) is 0 Å². The number of halogens is 1. The molecule has 3 nitrogen and oxygen atoms in total. The standard InChI is InChI=1S/C10H20N2O.ClH/c1-3-9(4-2)12-10(13)8-5-6-11-7-8;/h8-9,11H,3-7H2,1-2H3,(H,12,13);1H/t8-;/m0./s1. The first kappa shape index (κ1) is 13.7. The van der Waals surface area contributed by atoms with Crippen molar-refractivity contribution in [3.8, 4) is 0 Å². The Labute approximate surface area is 92.4 Å². The SMILES string of the molecule is CCC(CC)NC(=O)[C@H]1CCNC1.Cl. The van der Waals surface area contributed by atoms with E-state index in [0.29, 0.717) is 6.04 Å². The van der Waals surface area contributed by atoms with Crippen LogP contribution in [0.2, 0.25) is 0 Å². The Balaban J connectivity index is 0.00000169. The third kappa shape index (κ3) is 3.84. The van der Waals surface area contributed by atoms with Crippen LogP contribution in [0, 0.1) is 5.92 Å². The first-order chi connectivity index (χ1) is 6.27. The summed E-state index contributed by atoms with van der Waals surface area (Å²) in [5.74, 6) is 0.444. The van der Waals surface area contributed by atoms with Crippen molar-refractivity contribution in [3.63, 3.8) is 0 Å². The molecule has 1 amide bonds. The van der Waals surface area contributed by atoms with E-state index >= 15 is 0 Å². The summed E-state index contributed by atoms with van der Waals surface area (Å²) < 4.78 is 0. The second-order valence-electron chi connectivity index (χ2n) is 3.71. The monoisotopic (exact) mass is 220 g/mol. The van der Waals surface area contributed by atoms with E-state index in [9.17, 15) is 4.79 Å². The van der Waals surface area contributed by atoms with Gasteiger partial charge in [0.05, 0.1) is 5.92 Å². The molecule has 4 heteroatoms. The van der Waals surface area contributed by atoms with E-state index in [2.05, 4.69) is 24.5 Å². The van der Waals surface area contributed by atoms with E-state index < -0.39 is 0 Å². The van der Waals surface area contributed by atoms with Crippen LogP contribution in [0.5, 0.6) is 0 Å². The van der Waals surface area contributed by atoms with Crippen molar-refractivity contribution in [1.82, 2.24) is 10.6 Å². The largest absolute Gasteiger partial charge is 0.353 e. The summed E-state index contributed by atoms with van der Waals surface area (Å²) in [6, 6.07) is 0.369. The molecule has 84 valence electrons. The molecule has 1 heterocycles. The zero-order chi connectivity index (χ0) is 9.68. The van der Waals surface area contributed by atoms with Crippen molar-refractivity contribution < 1.29 is 4.79 Å². The Morgan fingerprint density at radius 3 is 2.57 bits per heavy atom. The van der Waals surface area contributed by atoms with Gasteiger partial charge in [-0.2, -0.15) is 0 Å². The zero-order valence-electron chi connectivity index (χ0n) is 9.01. The number of rotatable bonds is 4. The van der Waals surface area contributed by atoms with E-state index in [1.807, 2.05) is 0 Å². The summed E-state index contributed by atoms with van der Waals surface area (Å²) in [6.07, 6.45) is 3.05. The number of hydrogen-bond donors (Lipinski definition) is 2. The average Bonchev–Trinajstić information content (AvgIpc) is 2.66. The molecule has 0 spiro atoms. The van der Waals surface area contributed by atoms with Gasteiger partial charge in [-0.25, -0.2) is 0 Å². The predicted octanol–water partition coefficient (Wildman–Crippen LogP) is 1.32. The van der Waals surface area contributed by atoms with E-state index in [1.165, 1.54) is 0 Å². The molecule has 0 aromatic rings. The van der Waals surface area contributed by atoms with Gasteiger partial charge in [-0.15, -0.1) is 12.4 Å². The minimum absolute atomic E-state index is 0. The van der Waals surface area contributed by atoms with Crippen LogP contribution in [0.1, 0.15) is 33.1 Å². The van der Waals surface area contributed by atoms with Crippen LogP contribution in [-0.4, -0.2) is 25.0 Å². The smallest absolute Gasteiger partial charge is 0.224 e. The third-order valence-corrected chi connectivity index (χ3v) is 2.76. The average molecular weight is 221 g/mol. The minimum Gasteiger partial charge on any atom is -0.353 e. The molecule has 1 rings (SSSR count). The van der Waals surface area contributed by atoms with Crippen molar-refractivity contribution in [3.05, 3.63) is 0 Å². The Kier molecular flexibility index (Phi) is 6.93. The lowest BCUT2D eigenvalue weighted by Gasteiger charge is -2.17. The molecule has 0 aromatic heterocycles. The highest BCUT2D eigenvalue weighted by Crippen LogP contribution is 2.08. The number of hydrogen-bond acceptors (Lipinski definition) is 2. The van der Waals surface area contributed by atoms with Crippen LogP contribution in [0.3, 0.4) is 0 Å². The maximum atomic E-state index is 11.6. The topological polar surface area (TPSA) is 41.1 Å². The van der Waals surface area contributed by atoms with Gasteiger partial charge >= 0.3 is 0 Å². The zero-order valence-corrected chi connectivity index (χ0v) is 9.82. The molecule has 0 aliphatic carbocycles. The number of nitrogens with one attached hydrogen (secondary N) is 2. The summed E-state index contributed by atoms with van der Waals surface area (Å²) in [6.45, 7) is 6.07. The molecule has 0 aromatic carbocycles. The van der Waals surface area contributed by atoms with Gasteiger partial charge in [0.25, 0.3) is 0 Å². The van der Waals surface area contributed by atoms with Crippen LogP contribution >= 0.6 is 12.4 Å². The molecule has 0 unspecified atom stereocenters. The second-order valence-corrected chi connectivity index (χ2v) is 3.71. The highest BCUT2D eigenvalue weighted by atomic mass is 35.5. The Morgan fingerprint density at radius 1 is 1.50 bits per heavy atom. The third-order valence-electron chi connectivity index (χ3n) is 2.76. The fourth-order valence-corrected chi connectivity index (χ4v) is 1.69. The molecule has 2 N–H and O–H groups in total. The number of amides is 1. The van der Waals surface area contributed by atoms with E-state index in [-0.39, 0.29) is 24.2 Å². The van der Waals surface area contributed by atoms with Crippen molar-refractivity contribution >= 4 is 18.3 Å². The Bertz CT molecular complexity index is 166. The van der Waals surface area contributed by atoms with Gasteiger partial charge in [0.2, 0.25) is 5.91 Å². The minimum atomic E-state index is 0. The molecular formula is C10H21ClN2O. The molecule has 1 aliphatic heterocycles. The highest BCUT2D eigenvalue weighted by molar-refractivity contribution is 5.85. The van der Waals surface area contributed by atoms with E-state index in [0.717, 1.165) is 32.4 Å². The molecular weight excluding hydrogens is 200 g/mol. The fourth-order valence-electron chi connectivity index (χ4n) is 1.69. The highest BCUT2D eigenvalue weighted by Gasteiger charge is 2.23. The van der Waals surface area contributed by atoms with Gasteiger partial charge in [-0.05, 0) is 25.8 Å². The first-order valence-electron chi connectivity index (χ1n) is 5.29. The fraction of sp³-hybridized carbons (Fsp3) is 0.900. The van der Waals surface area contributed by atoms with Gasteiger partial charge in [-0.1, -0.05) is 13.8 Å². The van der Waals surface area contributed by atoms with E-state index in [1.54, 1.807) is 0 Å². The molecule has 1 saturated heterocycles. The van der Waals surface area contributed by atoms with Crippen LogP contribution in [0.4, 0.5) is 0 Å². The maximum absolute atomic E-state index is 11.6. The van der Waals surface area contributed by atoms with E-state index in [4.69, 9.17) is 0 Å². The molecule has 0 bridgehead atoms. The molecule has 1 aliphatic rings. The van der Waals surface area contributed by atoms with Crippen LogP contribution in [-0.2, 0) is 4.79 Å². The van der Waals surface area contributed by atoms with Gasteiger partial charge < -0.3 is 10.6 Å². The lowest BCUT2D eigenvalue weighted by molar-refractivity contribution is -0.125. The Morgan fingerprint density at radius 2 is 2.14 bits per heavy atom. The summed E-state index contributed by atoms with van der Waals surface area (Å²) in [4.78, 5) is 11.6. The maximum Gasteiger partial charge on any atom is 0.224 e. The quantitative estimate of drug-likeness (QED) is 0.751. The van der Waals surface area contributed by atoms with Crippen LogP contribution in [0.15, 0.2) is 0 Å². The molecule has 0 saturated carbocycles. The van der Waals surface area contributed by atoms with Crippen molar-refractivity contribution in [2.24, 2.45) is 5.92 Å². The summed E-state index contributed by atoms with van der Waals surface area (Å²) >= 11 is 0. The van der Waals surface area contributed by atoms with Gasteiger partial charge in [0.15, 0.2) is 0 Å². The van der Waals surface area contributed by atoms with Crippen molar-refractivity contribution in [2.75, 3.05) is 13.1 Å². The normalized spacial score (nSPS) is 20.6. The Hall–Kier alpha value is -0.280. The summed E-state index contributed by atoms with van der Waals surface area (Å²) in [7, 11) is 0.